The first-order valence-corrected chi connectivity index (χ1v) is 9.97. The molecule has 2 aromatic rings. The van der Waals surface area contributed by atoms with E-state index in [-0.39, 0.29) is 23.3 Å². The lowest BCUT2D eigenvalue weighted by Crippen LogP contribution is -2.48. The topological polar surface area (TPSA) is 84.5 Å². The minimum absolute atomic E-state index is 0.0931. The highest BCUT2D eigenvalue weighted by molar-refractivity contribution is 7.89. The van der Waals surface area contributed by atoms with Crippen LogP contribution in [-0.4, -0.2) is 33.5 Å². The van der Waals surface area contributed by atoms with E-state index in [1.54, 1.807) is 12.1 Å². The minimum atomic E-state index is -3.83. The van der Waals surface area contributed by atoms with Crippen LogP contribution < -0.4 is 14.8 Å². The second kappa shape index (κ2) is 7.88. The Labute approximate surface area is 153 Å². The van der Waals surface area contributed by atoms with Gasteiger partial charge in [0.15, 0.2) is 0 Å². The number of rotatable bonds is 8. The van der Waals surface area contributed by atoms with Crippen LogP contribution in [0.15, 0.2) is 59.5 Å². The van der Waals surface area contributed by atoms with Crippen LogP contribution in [0.25, 0.3) is 0 Å². The summed E-state index contributed by atoms with van der Waals surface area (Å²) in [5.41, 5.74) is 0.890. The lowest BCUT2D eigenvalue weighted by molar-refractivity contribution is -0.122. The largest absolute Gasteiger partial charge is 0.497 e. The first-order valence-electron chi connectivity index (χ1n) is 8.48. The predicted octanol–water partition coefficient (Wildman–Crippen LogP) is 1.86. The highest BCUT2D eigenvalue weighted by Crippen LogP contribution is 2.20. The number of ether oxygens (including phenoxy) is 1. The molecule has 2 aromatic carbocycles. The number of sulfonamides is 1. The van der Waals surface area contributed by atoms with Crippen LogP contribution in [0.3, 0.4) is 0 Å². The fourth-order valence-electron chi connectivity index (χ4n) is 2.58. The molecule has 0 bridgehead atoms. The standard InChI is InChI=1S/C19H22N2O4S/c1-25-16-9-11-17(12-10-16)26(23,24)21-18(19(22)20-15-7-8-15)13-14-5-3-2-4-6-14/h2-6,9-12,15,18,21H,7-8,13H2,1H3,(H,20,22). The number of carbonyl (C=O) groups excluding carboxylic acids is 1. The molecule has 0 heterocycles. The Morgan fingerprint density at radius 3 is 2.35 bits per heavy atom. The molecule has 1 aliphatic carbocycles. The number of methoxy groups -OCH3 is 1. The monoisotopic (exact) mass is 374 g/mol. The third-order valence-electron chi connectivity index (χ3n) is 4.19. The van der Waals surface area contributed by atoms with E-state index in [1.165, 1.54) is 19.2 Å². The number of carbonyl (C=O) groups is 1. The van der Waals surface area contributed by atoms with Gasteiger partial charge < -0.3 is 10.1 Å². The Hall–Kier alpha value is -2.38. The summed E-state index contributed by atoms with van der Waals surface area (Å²) < 4.78 is 33.0. The van der Waals surface area contributed by atoms with E-state index in [2.05, 4.69) is 10.0 Å². The molecule has 1 aliphatic rings. The molecule has 0 aromatic heterocycles. The number of hydrogen-bond donors (Lipinski definition) is 2. The predicted molar refractivity (Wildman–Crippen MR) is 98.4 cm³/mol. The average molecular weight is 374 g/mol. The minimum Gasteiger partial charge on any atom is -0.497 e. The Morgan fingerprint density at radius 2 is 1.77 bits per heavy atom. The zero-order chi connectivity index (χ0) is 18.6. The van der Waals surface area contributed by atoms with E-state index in [9.17, 15) is 13.2 Å². The fraction of sp³-hybridized carbons (Fsp3) is 0.316. The maximum absolute atomic E-state index is 12.7. The van der Waals surface area contributed by atoms with E-state index in [0.29, 0.717) is 5.75 Å². The summed E-state index contributed by atoms with van der Waals surface area (Å²) in [5.74, 6) is 0.268. The van der Waals surface area contributed by atoms with Gasteiger partial charge in [-0.05, 0) is 49.1 Å². The van der Waals surface area contributed by atoms with Crippen molar-refractivity contribution in [1.29, 1.82) is 0 Å². The van der Waals surface area contributed by atoms with Crippen LogP contribution in [-0.2, 0) is 21.2 Å². The SMILES string of the molecule is COc1ccc(S(=O)(=O)NC(Cc2ccccc2)C(=O)NC2CC2)cc1. The number of nitrogens with one attached hydrogen (secondary N) is 2. The van der Waals surface area contributed by atoms with Crippen LogP contribution in [0.2, 0.25) is 0 Å². The zero-order valence-corrected chi connectivity index (χ0v) is 15.3. The van der Waals surface area contributed by atoms with Crippen molar-refractivity contribution in [3.63, 3.8) is 0 Å². The summed E-state index contributed by atoms with van der Waals surface area (Å²) >= 11 is 0. The van der Waals surface area contributed by atoms with Crippen molar-refractivity contribution in [3.05, 3.63) is 60.2 Å². The highest BCUT2D eigenvalue weighted by atomic mass is 32.2. The maximum atomic E-state index is 12.7. The molecule has 138 valence electrons. The molecule has 1 saturated carbocycles. The van der Waals surface area contributed by atoms with Gasteiger partial charge in [0, 0.05) is 6.04 Å². The van der Waals surface area contributed by atoms with E-state index in [4.69, 9.17) is 4.74 Å². The van der Waals surface area contributed by atoms with Crippen molar-refractivity contribution in [2.75, 3.05) is 7.11 Å². The second-order valence-corrected chi connectivity index (χ2v) is 8.04. The Kier molecular flexibility index (Phi) is 5.58. The van der Waals surface area contributed by atoms with Crippen molar-refractivity contribution in [1.82, 2.24) is 10.0 Å². The van der Waals surface area contributed by atoms with Gasteiger partial charge in [-0.3, -0.25) is 4.79 Å². The molecule has 1 fully saturated rings. The summed E-state index contributed by atoms with van der Waals surface area (Å²) in [6.07, 6.45) is 2.17. The quantitative estimate of drug-likeness (QED) is 0.739. The Balaban J connectivity index is 1.79. The molecule has 6 nitrogen and oxygen atoms in total. The van der Waals surface area contributed by atoms with Crippen molar-refractivity contribution in [3.8, 4) is 5.75 Å². The van der Waals surface area contributed by atoms with E-state index >= 15 is 0 Å². The van der Waals surface area contributed by atoms with E-state index in [1.807, 2.05) is 30.3 Å². The molecule has 2 N–H and O–H groups in total. The van der Waals surface area contributed by atoms with Gasteiger partial charge in [-0.1, -0.05) is 30.3 Å². The Bertz CT molecular complexity index is 847. The molecule has 26 heavy (non-hydrogen) atoms. The molecule has 0 aliphatic heterocycles. The molecule has 0 radical (unpaired) electrons. The van der Waals surface area contributed by atoms with Gasteiger partial charge in [0.1, 0.15) is 11.8 Å². The summed E-state index contributed by atoms with van der Waals surface area (Å²) in [7, 11) is -2.32. The highest BCUT2D eigenvalue weighted by Gasteiger charge is 2.30. The first kappa shape index (κ1) is 18.4. The zero-order valence-electron chi connectivity index (χ0n) is 14.5. The van der Waals surface area contributed by atoms with Gasteiger partial charge in [-0.25, -0.2) is 8.42 Å². The van der Waals surface area contributed by atoms with E-state index < -0.39 is 16.1 Å². The van der Waals surface area contributed by atoms with Crippen LogP contribution in [0, 0.1) is 0 Å². The summed E-state index contributed by atoms with van der Waals surface area (Å²) in [4.78, 5) is 12.6. The van der Waals surface area contributed by atoms with Gasteiger partial charge in [-0.15, -0.1) is 0 Å². The smallest absolute Gasteiger partial charge is 0.241 e. The van der Waals surface area contributed by atoms with Gasteiger partial charge in [0.2, 0.25) is 15.9 Å². The summed E-state index contributed by atoms with van der Waals surface area (Å²) in [6, 6.07) is 14.7. The molecular weight excluding hydrogens is 352 g/mol. The van der Waals surface area contributed by atoms with Crippen molar-refractivity contribution < 1.29 is 17.9 Å². The number of hydrogen-bond acceptors (Lipinski definition) is 4. The second-order valence-electron chi connectivity index (χ2n) is 6.32. The molecule has 0 spiro atoms. The van der Waals surface area contributed by atoms with Gasteiger partial charge in [0.05, 0.1) is 12.0 Å². The van der Waals surface area contributed by atoms with E-state index in [0.717, 1.165) is 18.4 Å². The fourth-order valence-corrected chi connectivity index (χ4v) is 3.77. The van der Waals surface area contributed by atoms with Crippen molar-refractivity contribution in [2.24, 2.45) is 0 Å². The summed E-state index contributed by atoms with van der Waals surface area (Å²) in [6.45, 7) is 0. The van der Waals surface area contributed by atoms with Crippen LogP contribution >= 0.6 is 0 Å². The third kappa shape index (κ3) is 4.83. The average Bonchev–Trinajstić information content (AvgIpc) is 3.46. The summed E-state index contributed by atoms with van der Waals surface area (Å²) in [5, 5.41) is 2.88. The number of amides is 1. The molecule has 7 heteroatoms. The third-order valence-corrected chi connectivity index (χ3v) is 5.68. The van der Waals surface area contributed by atoms with Crippen LogP contribution in [0.4, 0.5) is 0 Å². The van der Waals surface area contributed by atoms with Crippen LogP contribution in [0.5, 0.6) is 5.75 Å². The lowest BCUT2D eigenvalue weighted by Gasteiger charge is -2.19. The lowest BCUT2D eigenvalue weighted by atomic mass is 10.1. The maximum Gasteiger partial charge on any atom is 0.241 e. The normalized spacial score (nSPS) is 15.3. The van der Waals surface area contributed by atoms with Gasteiger partial charge in [-0.2, -0.15) is 4.72 Å². The van der Waals surface area contributed by atoms with Crippen molar-refractivity contribution >= 4 is 15.9 Å². The first-order chi connectivity index (χ1) is 12.5. The van der Waals surface area contributed by atoms with Crippen molar-refractivity contribution in [2.45, 2.75) is 36.2 Å². The number of benzene rings is 2. The molecule has 3 rings (SSSR count). The van der Waals surface area contributed by atoms with Crippen LogP contribution in [0.1, 0.15) is 18.4 Å². The molecule has 0 saturated heterocycles. The molecule has 1 atom stereocenters. The van der Waals surface area contributed by atoms with Gasteiger partial charge >= 0.3 is 0 Å². The molecular formula is C19H22N2O4S. The molecule has 1 amide bonds. The van der Waals surface area contributed by atoms with Gasteiger partial charge in [0.25, 0.3) is 0 Å². The Morgan fingerprint density at radius 1 is 1.12 bits per heavy atom. The molecule has 1 unspecified atom stereocenters.